The summed E-state index contributed by atoms with van der Waals surface area (Å²) < 4.78 is 0. The molecule has 0 spiro atoms. The van der Waals surface area contributed by atoms with Crippen molar-refractivity contribution in [1.82, 2.24) is 16.0 Å². The van der Waals surface area contributed by atoms with Crippen LogP contribution >= 0.6 is 0 Å². The van der Waals surface area contributed by atoms with Gasteiger partial charge < -0.3 is 26.8 Å². The van der Waals surface area contributed by atoms with Crippen LogP contribution in [0, 0.1) is 17.3 Å². The molecule has 1 rings (SSSR count). The molecule has 0 fully saturated rings. The lowest BCUT2D eigenvalue weighted by molar-refractivity contribution is -0.144. The second kappa shape index (κ2) is 16.6. The van der Waals surface area contributed by atoms with E-state index in [0.29, 0.717) is 25.3 Å². The van der Waals surface area contributed by atoms with Crippen molar-refractivity contribution in [2.24, 2.45) is 23.0 Å². The maximum atomic E-state index is 12.9. The Bertz CT molecular complexity index is 1050. The maximum absolute atomic E-state index is 12.9. The van der Waals surface area contributed by atoms with Gasteiger partial charge in [0.1, 0.15) is 12.1 Å². The zero-order chi connectivity index (χ0) is 30.5. The fourth-order valence-electron chi connectivity index (χ4n) is 3.77. The van der Waals surface area contributed by atoms with Crippen molar-refractivity contribution < 1.29 is 24.3 Å². The van der Waals surface area contributed by atoms with Crippen LogP contribution in [0.15, 0.2) is 42.5 Å². The van der Waals surface area contributed by atoms with Gasteiger partial charge in [-0.15, -0.1) is 0 Å². The highest BCUT2D eigenvalue weighted by atomic mass is 16.4. The monoisotopic (exact) mass is 556 g/mol. The Hall–Kier alpha value is -3.46. The summed E-state index contributed by atoms with van der Waals surface area (Å²) in [6.45, 7) is 12.9. The first-order valence-electron chi connectivity index (χ1n) is 14.0. The number of rotatable bonds is 16. The Kier molecular flexibility index (Phi) is 14.3. The predicted octanol–water partition coefficient (Wildman–Crippen LogP) is 3.78. The molecule has 9 nitrogen and oxygen atoms in total. The standard InChI is InChI=1S/C31H48N4O5/c1-20(2)18-26(29(38)39)35-30(40)31(6,7)23(5)34-28(37)22(4)33-27(36)11-9-8-10-21(3)12-13-24-14-16-25(19-32)17-15-24/h9,11-17,20-23,26H,8,10,18-19,32H2,1-7H3,(H,33,36)(H,34,37)(H,35,40)(H,38,39)/b11-9+,13-12+/t21?,22-,23?,26?/m1/s1. The summed E-state index contributed by atoms with van der Waals surface area (Å²) in [5, 5.41) is 17.4. The summed E-state index contributed by atoms with van der Waals surface area (Å²) in [6, 6.07) is 5.65. The van der Waals surface area contributed by atoms with E-state index >= 15 is 0 Å². The molecule has 3 amide bonds. The number of nitrogens with two attached hydrogens (primary N) is 1. The number of nitrogens with one attached hydrogen (secondary N) is 3. The van der Waals surface area contributed by atoms with Gasteiger partial charge in [-0.05, 0) is 76.0 Å². The van der Waals surface area contributed by atoms with Crippen molar-refractivity contribution in [3.8, 4) is 0 Å². The molecule has 222 valence electrons. The van der Waals surface area contributed by atoms with Crippen molar-refractivity contribution in [3.63, 3.8) is 0 Å². The first-order chi connectivity index (χ1) is 18.7. The minimum atomic E-state index is -1.10. The molecule has 1 aromatic carbocycles. The van der Waals surface area contributed by atoms with E-state index in [2.05, 4.69) is 35.0 Å². The van der Waals surface area contributed by atoms with Crippen molar-refractivity contribution >= 4 is 29.8 Å². The Morgan fingerprint density at radius 3 is 2.15 bits per heavy atom. The quantitative estimate of drug-likeness (QED) is 0.196. The normalized spacial score (nSPS) is 15.0. The van der Waals surface area contributed by atoms with Crippen molar-refractivity contribution in [2.75, 3.05) is 0 Å². The van der Waals surface area contributed by atoms with Gasteiger partial charge in [0, 0.05) is 12.6 Å². The van der Waals surface area contributed by atoms with E-state index in [1.807, 2.05) is 38.1 Å². The van der Waals surface area contributed by atoms with Gasteiger partial charge in [-0.2, -0.15) is 0 Å². The smallest absolute Gasteiger partial charge is 0.326 e. The molecule has 1 aromatic rings. The third kappa shape index (κ3) is 12.2. The molecule has 0 saturated carbocycles. The zero-order valence-electron chi connectivity index (χ0n) is 25.0. The van der Waals surface area contributed by atoms with Gasteiger partial charge in [-0.25, -0.2) is 4.79 Å². The second-order valence-corrected chi connectivity index (χ2v) is 11.4. The molecule has 0 aliphatic rings. The first kappa shape index (κ1) is 34.6. The van der Waals surface area contributed by atoms with E-state index in [1.165, 1.54) is 6.08 Å². The SMILES string of the molecule is CC(C)CC(NC(=O)C(C)(C)C(C)NC(=O)[C@@H](C)NC(=O)/C=C/CCC(C)/C=C/c1ccc(CN)cc1)C(=O)O. The van der Waals surface area contributed by atoms with Gasteiger partial charge in [-0.1, -0.05) is 63.3 Å². The van der Waals surface area contributed by atoms with Crippen molar-refractivity contribution in [1.29, 1.82) is 0 Å². The highest BCUT2D eigenvalue weighted by Crippen LogP contribution is 2.22. The molecule has 9 heteroatoms. The van der Waals surface area contributed by atoms with Gasteiger partial charge in [0.2, 0.25) is 17.7 Å². The van der Waals surface area contributed by atoms with E-state index in [-0.39, 0.29) is 11.8 Å². The van der Waals surface area contributed by atoms with Crippen LogP contribution in [0.4, 0.5) is 0 Å². The van der Waals surface area contributed by atoms with Crippen LogP contribution in [0.2, 0.25) is 0 Å². The Labute approximate surface area is 239 Å². The van der Waals surface area contributed by atoms with Crippen LogP contribution in [-0.2, 0) is 25.7 Å². The Morgan fingerprint density at radius 2 is 1.60 bits per heavy atom. The van der Waals surface area contributed by atoms with E-state index in [0.717, 1.165) is 17.5 Å². The van der Waals surface area contributed by atoms with Crippen molar-refractivity contribution in [2.45, 2.75) is 92.4 Å². The van der Waals surface area contributed by atoms with Crippen LogP contribution < -0.4 is 21.7 Å². The fraction of sp³-hybridized carbons (Fsp3) is 0.548. The molecule has 0 radical (unpaired) electrons. The molecule has 0 aromatic heterocycles. The summed E-state index contributed by atoms with van der Waals surface area (Å²) in [4.78, 5) is 49.4. The van der Waals surface area contributed by atoms with Gasteiger partial charge in [0.05, 0.1) is 5.41 Å². The molecule has 40 heavy (non-hydrogen) atoms. The number of benzene rings is 1. The van der Waals surface area contributed by atoms with Gasteiger partial charge in [0.15, 0.2) is 0 Å². The minimum Gasteiger partial charge on any atom is -0.480 e. The van der Waals surface area contributed by atoms with Crippen LogP contribution in [0.1, 0.15) is 78.9 Å². The molecule has 0 aliphatic heterocycles. The Balaban J connectivity index is 2.52. The van der Waals surface area contributed by atoms with Gasteiger partial charge in [0.25, 0.3) is 0 Å². The fourth-order valence-corrected chi connectivity index (χ4v) is 3.77. The predicted molar refractivity (Wildman–Crippen MR) is 159 cm³/mol. The third-order valence-corrected chi connectivity index (χ3v) is 6.98. The number of carboxylic acid groups (broad SMARTS) is 1. The van der Waals surface area contributed by atoms with Crippen LogP contribution in [0.3, 0.4) is 0 Å². The summed E-state index contributed by atoms with van der Waals surface area (Å²) in [6.07, 6.45) is 9.29. The number of hydrogen-bond acceptors (Lipinski definition) is 5. The average molecular weight is 557 g/mol. The van der Waals surface area contributed by atoms with Crippen LogP contribution in [0.5, 0.6) is 0 Å². The Morgan fingerprint density at radius 1 is 0.975 bits per heavy atom. The third-order valence-electron chi connectivity index (χ3n) is 6.98. The minimum absolute atomic E-state index is 0.0887. The molecule has 0 saturated heterocycles. The number of carbonyl (C=O) groups is 4. The molecule has 6 N–H and O–H groups in total. The zero-order valence-corrected chi connectivity index (χ0v) is 25.0. The van der Waals surface area contributed by atoms with Crippen LogP contribution in [0.25, 0.3) is 6.08 Å². The topological polar surface area (TPSA) is 151 Å². The lowest BCUT2D eigenvalue weighted by Gasteiger charge is -2.33. The van der Waals surface area contributed by atoms with Gasteiger partial charge in [-0.3, -0.25) is 14.4 Å². The lowest BCUT2D eigenvalue weighted by atomic mass is 9.83. The molecular formula is C31H48N4O5. The lowest BCUT2D eigenvalue weighted by Crippen LogP contribution is -2.56. The average Bonchev–Trinajstić information content (AvgIpc) is 2.89. The second-order valence-electron chi connectivity index (χ2n) is 11.4. The molecule has 0 heterocycles. The number of aliphatic carboxylic acids is 1. The number of allylic oxidation sites excluding steroid dienone is 2. The summed E-state index contributed by atoms with van der Waals surface area (Å²) >= 11 is 0. The van der Waals surface area contributed by atoms with Crippen LogP contribution in [-0.4, -0.2) is 46.9 Å². The largest absolute Gasteiger partial charge is 0.480 e. The van der Waals surface area contributed by atoms with E-state index in [4.69, 9.17) is 5.73 Å². The van der Waals surface area contributed by atoms with E-state index < -0.39 is 41.3 Å². The molecule has 3 unspecified atom stereocenters. The first-order valence-corrected chi connectivity index (χ1v) is 14.0. The maximum Gasteiger partial charge on any atom is 0.326 e. The number of hydrogen-bond donors (Lipinski definition) is 5. The van der Waals surface area contributed by atoms with E-state index in [9.17, 15) is 24.3 Å². The highest BCUT2D eigenvalue weighted by molar-refractivity contribution is 5.93. The molecule has 4 atom stereocenters. The number of amides is 3. The number of carbonyl (C=O) groups excluding carboxylic acids is 3. The summed E-state index contributed by atoms with van der Waals surface area (Å²) in [7, 11) is 0. The number of carboxylic acids is 1. The summed E-state index contributed by atoms with van der Waals surface area (Å²) in [5.41, 5.74) is 6.75. The molecular weight excluding hydrogens is 508 g/mol. The van der Waals surface area contributed by atoms with Gasteiger partial charge >= 0.3 is 5.97 Å². The molecule has 0 aliphatic carbocycles. The summed E-state index contributed by atoms with van der Waals surface area (Å²) in [5.74, 6) is -1.98. The highest BCUT2D eigenvalue weighted by Gasteiger charge is 2.37. The van der Waals surface area contributed by atoms with Crippen molar-refractivity contribution in [3.05, 3.63) is 53.6 Å². The van der Waals surface area contributed by atoms with E-state index in [1.54, 1.807) is 33.8 Å². The molecule has 0 bridgehead atoms.